The molecule has 9 heteroatoms. The number of esters is 1. The minimum atomic E-state index is -3.91. The number of carbonyl (C=O) groups is 2. The molecule has 1 unspecified atom stereocenters. The van der Waals surface area contributed by atoms with Crippen LogP contribution in [-0.4, -0.2) is 50.2 Å². The summed E-state index contributed by atoms with van der Waals surface area (Å²) in [6, 6.07) is 12.9. The molecule has 1 N–H and O–H groups in total. The van der Waals surface area contributed by atoms with E-state index in [9.17, 15) is 18.0 Å². The number of hydrogen-bond acceptors (Lipinski definition) is 5. The number of sulfonamides is 1. The van der Waals surface area contributed by atoms with E-state index < -0.39 is 27.5 Å². The lowest BCUT2D eigenvalue weighted by Crippen LogP contribution is -2.48. The molecule has 162 valence electrons. The Hall–Kier alpha value is -3.20. The average molecular weight is 442 g/mol. The van der Waals surface area contributed by atoms with Gasteiger partial charge in [-0.1, -0.05) is 24.3 Å². The molecule has 2 aromatic rings. The van der Waals surface area contributed by atoms with Gasteiger partial charge in [-0.3, -0.25) is 4.79 Å². The molecular weight excluding hydrogens is 418 g/mol. The highest BCUT2D eigenvalue weighted by molar-refractivity contribution is 7.90. The van der Waals surface area contributed by atoms with Gasteiger partial charge in [-0.2, -0.15) is 8.42 Å². The van der Waals surface area contributed by atoms with Gasteiger partial charge in [-0.15, -0.1) is 4.40 Å². The van der Waals surface area contributed by atoms with E-state index in [1.165, 1.54) is 18.2 Å². The van der Waals surface area contributed by atoms with Crippen molar-refractivity contribution < 1.29 is 22.7 Å². The number of hydrogen-bond donors (Lipinski definition) is 1. The molecule has 1 saturated heterocycles. The summed E-state index contributed by atoms with van der Waals surface area (Å²) in [6.07, 6.45) is 1.69. The summed E-state index contributed by atoms with van der Waals surface area (Å²) in [5, 5.41) is 2.68. The minimum absolute atomic E-state index is 0.0192. The molecule has 0 spiro atoms. The lowest BCUT2D eigenvalue weighted by atomic mass is 9.89. The monoisotopic (exact) mass is 441 g/mol. The van der Waals surface area contributed by atoms with Gasteiger partial charge < -0.3 is 15.0 Å². The van der Waals surface area contributed by atoms with Crippen LogP contribution in [0.15, 0.2) is 57.8 Å². The molecule has 31 heavy (non-hydrogen) atoms. The summed E-state index contributed by atoms with van der Waals surface area (Å²) in [6.45, 7) is 2.31. The highest BCUT2D eigenvalue weighted by Gasteiger charge is 2.42. The Labute approximate surface area is 181 Å². The molecule has 2 heterocycles. The largest absolute Gasteiger partial charge is 0.445 e. The fourth-order valence-corrected chi connectivity index (χ4v) is 4.90. The Morgan fingerprint density at radius 3 is 2.71 bits per heavy atom. The van der Waals surface area contributed by atoms with E-state index in [1.807, 2.05) is 11.9 Å². The lowest BCUT2D eigenvalue weighted by Gasteiger charge is -2.33. The topological polar surface area (TPSA) is 105 Å². The van der Waals surface area contributed by atoms with E-state index in [1.54, 1.807) is 37.3 Å². The summed E-state index contributed by atoms with van der Waals surface area (Å²) in [5.41, 5.74) is 0.0379. The van der Waals surface area contributed by atoms with Crippen molar-refractivity contribution in [1.29, 1.82) is 0 Å². The molecule has 0 aromatic heterocycles. The number of amidine groups is 1. The molecule has 0 aliphatic carbocycles. The predicted molar refractivity (Wildman–Crippen MR) is 116 cm³/mol. The normalized spacial score (nSPS) is 22.2. The van der Waals surface area contributed by atoms with Gasteiger partial charge in [0.1, 0.15) is 5.84 Å². The van der Waals surface area contributed by atoms with Gasteiger partial charge in [0.15, 0.2) is 5.60 Å². The molecule has 1 amide bonds. The van der Waals surface area contributed by atoms with E-state index in [0.717, 1.165) is 18.5 Å². The number of anilines is 1. The van der Waals surface area contributed by atoms with Crippen molar-refractivity contribution in [3.63, 3.8) is 0 Å². The summed E-state index contributed by atoms with van der Waals surface area (Å²) in [4.78, 5) is 27.1. The quantitative estimate of drug-likeness (QED) is 0.732. The standard InChI is InChI=1S/C22H23N3O5S/c1-22(14-15-7-3-4-10-18(15)20(26)30-22)21(27)23-16-8-5-9-17(13-16)31(28,29)24-19-11-6-12-25(19)2/h3-5,7-10,13H,6,11-12,14H2,1-2H3,(H,23,27)/b24-19+. The van der Waals surface area contributed by atoms with Crippen LogP contribution in [0.3, 0.4) is 0 Å². The number of amides is 1. The molecule has 4 rings (SSSR count). The van der Waals surface area contributed by atoms with Gasteiger partial charge in [0, 0.05) is 32.1 Å². The summed E-state index contributed by atoms with van der Waals surface area (Å²) in [5.74, 6) is -0.575. The number of nitrogens with one attached hydrogen (secondary N) is 1. The van der Waals surface area contributed by atoms with E-state index >= 15 is 0 Å². The van der Waals surface area contributed by atoms with Crippen molar-refractivity contribution in [2.75, 3.05) is 18.9 Å². The average Bonchev–Trinajstić information content (AvgIpc) is 3.12. The van der Waals surface area contributed by atoms with Crippen LogP contribution in [0.4, 0.5) is 5.69 Å². The first-order valence-electron chi connectivity index (χ1n) is 9.96. The number of carbonyl (C=O) groups excluding carboxylic acids is 2. The number of ether oxygens (including phenoxy) is 1. The minimum Gasteiger partial charge on any atom is -0.445 e. The van der Waals surface area contributed by atoms with Crippen LogP contribution >= 0.6 is 0 Å². The zero-order valence-electron chi connectivity index (χ0n) is 17.3. The molecule has 0 radical (unpaired) electrons. The van der Waals surface area contributed by atoms with E-state index in [4.69, 9.17) is 4.74 Å². The van der Waals surface area contributed by atoms with Gasteiger partial charge in [-0.05, 0) is 43.2 Å². The Morgan fingerprint density at radius 1 is 1.19 bits per heavy atom. The summed E-state index contributed by atoms with van der Waals surface area (Å²) in [7, 11) is -2.11. The fourth-order valence-electron chi connectivity index (χ4n) is 3.76. The Morgan fingerprint density at radius 2 is 1.97 bits per heavy atom. The summed E-state index contributed by atoms with van der Waals surface area (Å²) >= 11 is 0. The van der Waals surface area contributed by atoms with Crippen LogP contribution in [0.25, 0.3) is 0 Å². The molecule has 2 aliphatic heterocycles. The second-order valence-electron chi connectivity index (χ2n) is 7.94. The van der Waals surface area contributed by atoms with Crippen molar-refractivity contribution in [3.8, 4) is 0 Å². The highest BCUT2D eigenvalue weighted by Crippen LogP contribution is 2.29. The van der Waals surface area contributed by atoms with Crippen molar-refractivity contribution >= 4 is 33.4 Å². The molecule has 1 fully saturated rings. The van der Waals surface area contributed by atoms with Crippen LogP contribution in [0.2, 0.25) is 0 Å². The summed E-state index contributed by atoms with van der Waals surface area (Å²) < 4.78 is 34.8. The zero-order chi connectivity index (χ0) is 22.2. The van der Waals surface area contributed by atoms with E-state index in [0.29, 0.717) is 17.8 Å². The van der Waals surface area contributed by atoms with Gasteiger partial charge in [0.25, 0.3) is 15.9 Å². The van der Waals surface area contributed by atoms with Crippen LogP contribution in [0.1, 0.15) is 35.7 Å². The van der Waals surface area contributed by atoms with E-state index in [-0.39, 0.29) is 17.0 Å². The van der Waals surface area contributed by atoms with Gasteiger partial charge >= 0.3 is 5.97 Å². The second kappa shape index (κ2) is 7.81. The lowest BCUT2D eigenvalue weighted by molar-refractivity contribution is -0.134. The maximum atomic E-state index is 13.0. The van der Waals surface area contributed by atoms with Crippen LogP contribution < -0.4 is 5.32 Å². The third kappa shape index (κ3) is 4.18. The Balaban J connectivity index is 1.55. The Kier molecular flexibility index (Phi) is 5.30. The van der Waals surface area contributed by atoms with Crippen LogP contribution in [0.5, 0.6) is 0 Å². The molecule has 0 bridgehead atoms. The van der Waals surface area contributed by atoms with Crippen LogP contribution in [-0.2, 0) is 26.0 Å². The number of rotatable bonds is 4. The number of nitrogens with zero attached hydrogens (tertiary/aromatic N) is 2. The molecule has 2 aromatic carbocycles. The first-order valence-corrected chi connectivity index (χ1v) is 11.4. The number of fused-ring (bicyclic) bond motifs is 1. The number of cyclic esters (lactones) is 1. The Bertz CT molecular complexity index is 1190. The van der Waals surface area contributed by atoms with Crippen molar-refractivity contribution in [1.82, 2.24) is 4.90 Å². The fraction of sp³-hybridized carbons (Fsp3) is 0.318. The first-order chi connectivity index (χ1) is 14.7. The number of likely N-dealkylation sites (tertiary alicyclic amines) is 1. The molecule has 2 aliphatic rings. The molecular formula is C22H23N3O5S. The van der Waals surface area contributed by atoms with Gasteiger partial charge in [0.05, 0.1) is 10.5 Å². The zero-order valence-corrected chi connectivity index (χ0v) is 18.1. The van der Waals surface area contributed by atoms with Crippen molar-refractivity contribution in [3.05, 3.63) is 59.7 Å². The SMILES string of the molecule is CN1CCC/C1=N\S(=O)(=O)c1cccc(NC(=O)C2(C)Cc3ccccc3C(=O)O2)c1. The first kappa shape index (κ1) is 21.0. The number of benzene rings is 2. The molecule has 0 saturated carbocycles. The smallest absolute Gasteiger partial charge is 0.339 e. The van der Waals surface area contributed by atoms with Crippen LogP contribution in [0, 0.1) is 0 Å². The molecule has 8 nitrogen and oxygen atoms in total. The van der Waals surface area contributed by atoms with Gasteiger partial charge in [0.2, 0.25) is 0 Å². The highest BCUT2D eigenvalue weighted by atomic mass is 32.2. The van der Waals surface area contributed by atoms with Gasteiger partial charge in [-0.25, -0.2) is 4.79 Å². The van der Waals surface area contributed by atoms with E-state index in [2.05, 4.69) is 9.71 Å². The van der Waals surface area contributed by atoms with Crippen molar-refractivity contribution in [2.45, 2.75) is 36.7 Å². The third-order valence-electron chi connectivity index (χ3n) is 5.51. The third-order valence-corrected chi connectivity index (χ3v) is 6.81. The molecule has 1 atom stereocenters. The second-order valence-corrected chi connectivity index (χ2v) is 9.55. The maximum absolute atomic E-state index is 13.0. The van der Waals surface area contributed by atoms with Crippen molar-refractivity contribution in [2.24, 2.45) is 4.40 Å². The predicted octanol–water partition coefficient (Wildman–Crippen LogP) is 2.61. The maximum Gasteiger partial charge on any atom is 0.339 e.